The van der Waals surface area contributed by atoms with Gasteiger partial charge in [0, 0.05) is 26.7 Å². The minimum atomic E-state index is -0.343. The molecule has 0 aromatic heterocycles. The Labute approximate surface area is 118 Å². The average Bonchev–Trinajstić information content (AvgIpc) is 2.43. The Morgan fingerprint density at radius 2 is 1.88 bits per heavy atom. The molecule has 0 bridgehead atoms. The minimum Gasteiger partial charge on any atom is -0.309 e. The number of hydrogen-bond acceptors (Lipinski definition) is 1. The van der Waals surface area contributed by atoms with Gasteiger partial charge in [-0.2, -0.15) is 0 Å². The van der Waals surface area contributed by atoms with Crippen LogP contribution in [0.3, 0.4) is 0 Å². The largest absolute Gasteiger partial charge is 0.309 e. The molecule has 16 heavy (non-hydrogen) atoms. The monoisotopic (exact) mass is 413 g/mol. The molecular weight excluding hydrogens is 409 g/mol. The molecule has 1 aliphatic heterocycles. The van der Waals surface area contributed by atoms with E-state index in [1.54, 1.807) is 4.90 Å². The van der Waals surface area contributed by atoms with Crippen molar-refractivity contribution in [2.45, 2.75) is 11.2 Å². The van der Waals surface area contributed by atoms with Crippen molar-refractivity contribution in [1.82, 2.24) is 0 Å². The molecule has 86 valence electrons. The van der Waals surface area contributed by atoms with Crippen LogP contribution < -0.4 is 4.90 Å². The quantitative estimate of drug-likeness (QED) is 0.638. The van der Waals surface area contributed by atoms with Gasteiger partial charge in [-0.15, -0.1) is 0 Å². The standard InChI is InChI=1S/C10H7Br3FNO/c11-5-1-9(16)15(4-5)10-7(12)2-6(14)3-8(10)13/h2-3,5H,1,4H2. The van der Waals surface area contributed by atoms with E-state index in [1.807, 2.05) is 0 Å². The molecule has 0 N–H and O–H groups in total. The molecule has 1 aliphatic rings. The van der Waals surface area contributed by atoms with Gasteiger partial charge in [0.15, 0.2) is 0 Å². The topological polar surface area (TPSA) is 20.3 Å². The molecule has 1 unspecified atom stereocenters. The first kappa shape index (κ1) is 12.5. The van der Waals surface area contributed by atoms with E-state index in [1.165, 1.54) is 12.1 Å². The van der Waals surface area contributed by atoms with Crippen molar-refractivity contribution in [2.75, 3.05) is 11.4 Å². The molecule has 1 heterocycles. The molecule has 6 heteroatoms. The Morgan fingerprint density at radius 3 is 2.31 bits per heavy atom. The first-order valence-corrected chi connectivity index (χ1v) is 7.08. The van der Waals surface area contributed by atoms with Crippen molar-refractivity contribution in [3.63, 3.8) is 0 Å². The zero-order chi connectivity index (χ0) is 11.9. The van der Waals surface area contributed by atoms with Gasteiger partial charge in [0.2, 0.25) is 5.91 Å². The molecule has 1 aromatic rings. The summed E-state index contributed by atoms with van der Waals surface area (Å²) in [6.07, 6.45) is 0.469. The van der Waals surface area contributed by atoms with Gasteiger partial charge in [-0.3, -0.25) is 4.79 Å². The number of carbonyl (C=O) groups excluding carboxylic acids is 1. The lowest BCUT2D eigenvalue weighted by Gasteiger charge is -2.19. The van der Waals surface area contributed by atoms with Gasteiger partial charge in [-0.25, -0.2) is 4.39 Å². The van der Waals surface area contributed by atoms with Crippen molar-refractivity contribution >= 4 is 59.4 Å². The molecule has 1 saturated heterocycles. The minimum absolute atomic E-state index is 0.0369. The summed E-state index contributed by atoms with van der Waals surface area (Å²) in [4.78, 5) is 13.5. The number of alkyl halides is 1. The van der Waals surface area contributed by atoms with Crippen LogP contribution in [0.2, 0.25) is 0 Å². The van der Waals surface area contributed by atoms with Crippen LogP contribution in [0, 0.1) is 5.82 Å². The first-order valence-electron chi connectivity index (χ1n) is 4.58. The maximum Gasteiger partial charge on any atom is 0.228 e. The molecule has 2 nitrogen and oxygen atoms in total. The summed E-state index contributed by atoms with van der Waals surface area (Å²) in [5.74, 6) is -0.306. The molecule has 2 rings (SSSR count). The third kappa shape index (κ3) is 2.33. The third-order valence-electron chi connectivity index (χ3n) is 2.33. The van der Waals surface area contributed by atoms with Crippen LogP contribution >= 0.6 is 47.8 Å². The lowest BCUT2D eigenvalue weighted by Crippen LogP contribution is -2.25. The highest BCUT2D eigenvalue weighted by Gasteiger charge is 2.31. The second kappa shape index (κ2) is 4.74. The van der Waals surface area contributed by atoms with E-state index in [4.69, 9.17) is 0 Å². The van der Waals surface area contributed by atoms with Crippen LogP contribution in [0.1, 0.15) is 6.42 Å². The predicted octanol–water partition coefficient (Wildman–Crippen LogP) is 3.85. The van der Waals surface area contributed by atoms with Gasteiger partial charge < -0.3 is 4.90 Å². The Kier molecular flexibility index (Phi) is 3.71. The van der Waals surface area contributed by atoms with Crippen molar-refractivity contribution in [3.05, 3.63) is 26.9 Å². The van der Waals surface area contributed by atoms with E-state index < -0.39 is 0 Å². The number of hydrogen-bond donors (Lipinski definition) is 0. The Balaban J connectivity index is 2.44. The molecular formula is C10H7Br3FNO. The highest BCUT2D eigenvalue weighted by molar-refractivity contribution is 9.11. The third-order valence-corrected chi connectivity index (χ3v) is 4.15. The van der Waals surface area contributed by atoms with E-state index in [0.717, 1.165) is 0 Å². The SMILES string of the molecule is O=C1CC(Br)CN1c1c(Br)cc(F)cc1Br. The second-order valence-electron chi connectivity index (χ2n) is 3.52. The maximum absolute atomic E-state index is 13.1. The van der Waals surface area contributed by atoms with Gasteiger partial charge >= 0.3 is 0 Å². The normalized spacial score (nSPS) is 20.6. The summed E-state index contributed by atoms with van der Waals surface area (Å²) >= 11 is 9.97. The van der Waals surface area contributed by atoms with Gasteiger partial charge in [-0.05, 0) is 44.0 Å². The zero-order valence-corrected chi connectivity index (χ0v) is 12.8. The van der Waals surface area contributed by atoms with E-state index >= 15 is 0 Å². The van der Waals surface area contributed by atoms with Crippen LogP contribution in [0.5, 0.6) is 0 Å². The van der Waals surface area contributed by atoms with Crippen LogP contribution in [-0.2, 0) is 4.79 Å². The fourth-order valence-corrected chi connectivity index (χ4v) is 3.80. The summed E-state index contributed by atoms with van der Waals surface area (Å²) in [6.45, 7) is 0.599. The molecule has 0 saturated carbocycles. The molecule has 0 spiro atoms. The average molecular weight is 416 g/mol. The molecule has 0 aliphatic carbocycles. The summed E-state index contributed by atoms with van der Waals surface area (Å²) in [7, 11) is 0. The Morgan fingerprint density at radius 1 is 1.31 bits per heavy atom. The summed E-state index contributed by atoms with van der Waals surface area (Å²) in [6, 6.07) is 2.71. The number of anilines is 1. The lowest BCUT2D eigenvalue weighted by molar-refractivity contribution is -0.117. The molecule has 1 fully saturated rings. The smallest absolute Gasteiger partial charge is 0.228 e. The van der Waals surface area contributed by atoms with Gasteiger partial charge in [0.05, 0.1) is 5.69 Å². The molecule has 0 radical (unpaired) electrons. The van der Waals surface area contributed by atoms with Gasteiger partial charge in [0.1, 0.15) is 5.82 Å². The van der Waals surface area contributed by atoms with Gasteiger partial charge in [0.25, 0.3) is 0 Å². The molecule has 1 atom stereocenters. The van der Waals surface area contributed by atoms with E-state index in [0.29, 0.717) is 27.6 Å². The number of benzene rings is 1. The molecule has 1 aromatic carbocycles. The maximum atomic E-state index is 13.1. The number of nitrogens with zero attached hydrogens (tertiary/aromatic N) is 1. The van der Waals surface area contributed by atoms with Crippen LogP contribution in [0.4, 0.5) is 10.1 Å². The van der Waals surface area contributed by atoms with Crippen molar-refractivity contribution in [3.8, 4) is 0 Å². The number of carbonyl (C=O) groups is 1. The Bertz CT molecular complexity index is 429. The lowest BCUT2D eigenvalue weighted by atomic mass is 10.3. The molecule has 1 amide bonds. The van der Waals surface area contributed by atoms with Crippen molar-refractivity contribution < 1.29 is 9.18 Å². The van der Waals surface area contributed by atoms with Crippen LogP contribution in [0.15, 0.2) is 21.1 Å². The van der Waals surface area contributed by atoms with E-state index in [-0.39, 0.29) is 16.6 Å². The van der Waals surface area contributed by atoms with Crippen molar-refractivity contribution in [1.29, 1.82) is 0 Å². The van der Waals surface area contributed by atoms with E-state index in [9.17, 15) is 9.18 Å². The van der Waals surface area contributed by atoms with E-state index in [2.05, 4.69) is 47.8 Å². The highest BCUT2D eigenvalue weighted by Crippen LogP contribution is 2.38. The summed E-state index contributed by atoms with van der Waals surface area (Å²) in [5, 5.41) is 0. The van der Waals surface area contributed by atoms with Crippen LogP contribution in [0.25, 0.3) is 0 Å². The van der Waals surface area contributed by atoms with Gasteiger partial charge in [-0.1, -0.05) is 15.9 Å². The predicted molar refractivity (Wildman–Crippen MR) is 71.5 cm³/mol. The first-order chi connectivity index (χ1) is 7.49. The summed E-state index contributed by atoms with van der Waals surface area (Å²) < 4.78 is 14.3. The zero-order valence-electron chi connectivity index (χ0n) is 8.01. The highest BCUT2D eigenvalue weighted by atomic mass is 79.9. The number of halogens is 4. The fourth-order valence-electron chi connectivity index (χ4n) is 1.67. The number of rotatable bonds is 1. The Hall–Kier alpha value is 0.0600. The van der Waals surface area contributed by atoms with Crippen LogP contribution in [-0.4, -0.2) is 17.3 Å². The fraction of sp³-hybridized carbons (Fsp3) is 0.300. The second-order valence-corrected chi connectivity index (χ2v) is 6.53. The van der Waals surface area contributed by atoms with Crippen molar-refractivity contribution in [2.24, 2.45) is 0 Å². The number of amides is 1. The summed E-state index contributed by atoms with van der Waals surface area (Å²) in [5.41, 5.74) is 0.688.